The number of aromatic hydroxyl groups is 3. The van der Waals surface area contributed by atoms with E-state index in [1.165, 1.54) is 38.0 Å². The zero-order valence-electron chi connectivity index (χ0n) is 75.4. The van der Waals surface area contributed by atoms with Crippen LogP contribution in [-0.2, 0) is 14.4 Å². The van der Waals surface area contributed by atoms with Gasteiger partial charge in [0.25, 0.3) is 16.7 Å². The van der Waals surface area contributed by atoms with Crippen LogP contribution in [0.15, 0.2) is 107 Å². The quantitative estimate of drug-likeness (QED) is 0.0487. The van der Waals surface area contributed by atoms with Gasteiger partial charge in [-0.15, -0.1) is 0 Å². The van der Waals surface area contributed by atoms with E-state index < -0.39 is 60.4 Å². The standard InChI is InChI=1S/2C32H27Cl5N6O3.C32H27Cl4FN6O3/c2*1-6-20(44)42-10-9-41(13-16(42)5)29-17-11-19(33)27(21-22(34)23(35)24(36)25(37)30(21)45)40-31(17)43(32(46)18(29)12-38)28-15(4)7-8-39-26(28)14(2)3;1-6-20(44)42-10-9-41(13-16(42)5)29-17-11-19(33)27(21-25(37)23(35)22(34)24(36)30(21)45)40-31(17)43(32(46)18(29)12-38)28-15(4)7-8-39-26(28)14(2)3/h3*6-8,11,14,16,45H,1,9-10,13H2,2-5H3/t3*16-/m111/s1. The van der Waals surface area contributed by atoms with E-state index in [4.69, 9.17) is 177 Å². The number of benzene rings is 3. The number of carbonyl (C=O) groups is 3. The molecule has 0 aliphatic carbocycles. The fraction of sp³-hybridized carbons (Fsp3) is 0.281. The van der Waals surface area contributed by atoms with Gasteiger partial charge in [0.1, 0.15) is 84.2 Å². The predicted octanol–water partition coefficient (Wildman–Crippen LogP) is 23.3. The molecule has 0 radical (unpaired) electrons. The summed E-state index contributed by atoms with van der Waals surface area (Å²) in [6, 6.07) is 15.3. The molecule has 138 heavy (non-hydrogen) atoms. The molecule has 3 saturated heterocycles. The monoisotopic (exact) mass is 2140 g/mol. The molecule has 15 rings (SSSR count). The lowest BCUT2D eigenvalue weighted by atomic mass is 10.0. The minimum Gasteiger partial charge on any atom is -0.506 e. The normalized spacial score (nSPS) is 15.0. The number of nitrogens with zero attached hydrogens (tertiary/aromatic N) is 18. The van der Waals surface area contributed by atoms with Crippen LogP contribution >= 0.6 is 162 Å². The predicted molar refractivity (Wildman–Crippen MR) is 548 cm³/mol. The van der Waals surface area contributed by atoms with Crippen LogP contribution in [0.5, 0.6) is 17.2 Å². The summed E-state index contributed by atoms with van der Waals surface area (Å²) in [6.45, 7) is 36.1. The van der Waals surface area contributed by atoms with Gasteiger partial charge in [-0.05, 0) is 131 Å². The molecule has 3 aliphatic rings. The summed E-state index contributed by atoms with van der Waals surface area (Å²) >= 11 is 89.7. The maximum absolute atomic E-state index is 15.7. The van der Waals surface area contributed by atoms with Crippen LogP contribution in [0.2, 0.25) is 70.3 Å². The van der Waals surface area contributed by atoms with Crippen LogP contribution in [-0.4, -0.2) is 168 Å². The van der Waals surface area contributed by atoms with Gasteiger partial charge in [-0.1, -0.05) is 224 Å². The van der Waals surface area contributed by atoms with E-state index in [0.717, 1.165) is 0 Å². The highest BCUT2D eigenvalue weighted by Gasteiger charge is 2.40. The highest BCUT2D eigenvalue weighted by Crippen LogP contribution is 2.55. The number of rotatable bonds is 15. The van der Waals surface area contributed by atoms with Gasteiger partial charge >= 0.3 is 0 Å². The van der Waals surface area contributed by atoms with Crippen molar-refractivity contribution in [2.24, 2.45) is 0 Å². The zero-order valence-corrected chi connectivity index (χ0v) is 86.0. The van der Waals surface area contributed by atoms with Gasteiger partial charge in [0.05, 0.1) is 140 Å². The number of hydrogen-bond acceptors (Lipinski definition) is 21. The number of anilines is 3. The molecule has 3 N–H and O–H groups in total. The maximum Gasteiger partial charge on any atom is 0.276 e. The molecule has 27 nitrogen and oxygen atoms in total. The van der Waals surface area contributed by atoms with Crippen molar-refractivity contribution in [3.8, 4) is 86.3 Å². The Morgan fingerprint density at radius 2 is 0.645 bits per heavy atom. The highest BCUT2D eigenvalue weighted by atomic mass is 35.5. The Morgan fingerprint density at radius 1 is 0.399 bits per heavy atom. The average Bonchev–Trinajstić information content (AvgIpc) is 0.726. The molecule has 42 heteroatoms. The van der Waals surface area contributed by atoms with Gasteiger partial charge in [0, 0.05) is 112 Å². The lowest BCUT2D eigenvalue weighted by Crippen LogP contribution is -2.54. The van der Waals surface area contributed by atoms with Gasteiger partial charge in [-0.25, -0.2) is 19.3 Å². The minimum atomic E-state index is -1.12. The van der Waals surface area contributed by atoms with Gasteiger partial charge in [-0.3, -0.25) is 57.4 Å². The number of fused-ring (bicyclic) bond motifs is 3. The first-order valence-corrected chi connectivity index (χ1v) is 47.7. The Bertz CT molecular complexity index is 6780. The zero-order chi connectivity index (χ0) is 101. The fourth-order valence-corrected chi connectivity index (χ4v) is 20.6. The smallest absolute Gasteiger partial charge is 0.276 e. The molecule has 0 spiro atoms. The van der Waals surface area contributed by atoms with E-state index in [-0.39, 0.29) is 189 Å². The van der Waals surface area contributed by atoms with Gasteiger partial charge in [0.2, 0.25) is 17.7 Å². The molecular weight excluding hydrogens is 2060 g/mol. The molecule has 3 aliphatic heterocycles. The Labute approximate surface area is 860 Å². The summed E-state index contributed by atoms with van der Waals surface area (Å²) in [7, 11) is 0. The lowest BCUT2D eigenvalue weighted by molar-refractivity contribution is -0.129. The van der Waals surface area contributed by atoms with E-state index in [1.54, 1.807) is 70.5 Å². The van der Waals surface area contributed by atoms with E-state index >= 15 is 4.39 Å². The number of nitriles is 3. The fourth-order valence-electron chi connectivity index (χ4n) is 17.4. The number of pyridine rings is 9. The van der Waals surface area contributed by atoms with Gasteiger partial charge in [0.15, 0.2) is 5.82 Å². The molecule has 714 valence electrons. The van der Waals surface area contributed by atoms with Crippen molar-refractivity contribution in [1.29, 1.82) is 15.8 Å². The van der Waals surface area contributed by atoms with E-state index in [9.17, 15) is 59.9 Å². The highest BCUT2D eigenvalue weighted by molar-refractivity contribution is 6.55. The summed E-state index contributed by atoms with van der Waals surface area (Å²) in [4.78, 5) is 120. The third-order valence-electron chi connectivity index (χ3n) is 24.0. The number of halogens is 15. The van der Waals surface area contributed by atoms with Crippen molar-refractivity contribution in [1.82, 2.24) is 58.3 Å². The topological polar surface area (TPSA) is 346 Å². The number of aryl methyl sites for hydroxylation is 3. The Morgan fingerprint density at radius 3 is 0.891 bits per heavy atom. The summed E-state index contributed by atoms with van der Waals surface area (Å²) in [5.74, 6) is -3.93. The van der Waals surface area contributed by atoms with Crippen LogP contribution in [0.3, 0.4) is 0 Å². The Balaban J connectivity index is 0.000000175. The van der Waals surface area contributed by atoms with E-state index in [0.29, 0.717) is 124 Å². The Hall–Kier alpha value is -10.9. The van der Waals surface area contributed by atoms with E-state index in [1.807, 2.05) is 90.9 Å². The largest absolute Gasteiger partial charge is 0.506 e. The van der Waals surface area contributed by atoms with Crippen molar-refractivity contribution in [2.45, 2.75) is 119 Å². The van der Waals surface area contributed by atoms with Crippen LogP contribution in [0.25, 0.3) is 83.9 Å². The molecular formula is C96H81Cl14FN18O9. The average molecular weight is 2150 g/mol. The van der Waals surface area contributed by atoms with Crippen molar-refractivity contribution >= 4 is 230 Å². The number of piperazine rings is 3. The molecule has 0 bridgehead atoms. The SMILES string of the molecule is C=CC(=O)N1CCN(c2c(C#N)c(=O)n(-c3c(C)ccnc3C(C)C)c3nc(-c4c(O)c(Cl)c(Cl)c(Cl)c4Cl)c(Cl)cc23)C[C@H]1C.C=CC(=O)N1CCN(c2c(C#N)c(=O)n(-c3c(C)ccnc3C(C)C)c3nc(-c4c(O)c(Cl)c(Cl)c(Cl)c4Cl)c(Cl)cc23)C[C@H]1C.C=CC(=O)N1CCN(c2c(C#N)c(=O)n(-c3c(C)ccnc3C(C)C)c3nc(-c4c(O)c(Cl)c(Cl)c(Cl)c4F)c(Cl)cc23)C[C@H]1C. The van der Waals surface area contributed by atoms with E-state index in [2.05, 4.69) is 52.9 Å². The third-order valence-corrected chi connectivity index (χ3v) is 29.7. The molecule has 3 fully saturated rings. The second-order valence-corrected chi connectivity index (χ2v) is 39.0. The number of hydrogen-bond donors (Lipinski definition) is 3. The molecule has 3 atom stereocenters. The second kappa shape index (κ2) is 41.9. The summed E-state index contributed by atoms with van der Waals surface area (Å²) in [5, 5.41) is 62.7. The van der Waals surface area contributed by atoms with Gasteiger partial charge in [-0.2, -0.15) is 15.8 Å². The summed E-state index contributed by atoms with van der Waals surface area (Å²) in [5.41, 5.74) is 2.81. The number of phenols is 3. The van der Waals surface area contributed by atoms with Crippen molar-refractivity contribution in [3.63, 3.8) is 0 Å². The van der Waals surface area contributed by atoms with Crippen LogP contribution in [0.1, 0.15) is 131 Å². The van der Waals surface area contributed by atoms with Crippen molar-refractivity contribution < 1.29 is 34.1 Å². The maximum atomic E-state index is 15.7. The number of aromatic nitrogens is 9. The summed E-state index contributed by atoms with van der Waals surface area (Å²) in [6.07, 6.45) is 8.67. The first-order valence-electron chi connectivity index (χ1n) is 42.4. The molecule has 12 heterocycles. The van der Waals surface area contributed by atoms with Gasteiger partial charge < -0.3 is 44.7 Å². The molecule has 9 aromatic heterocycles. The molecule has 12 aromatic rings. The van der Waals surface area contributed by atoms with Crippen molar-refractivity contribution in [3.05, 3.63) is 251 Å². The van der Waals surface area contributed by atoms with Crippen molar-refractivity contribution in [2.75, 3.05) is 73.6 Å². The first kappa shape index (κ1) is 104. The first-order chi connectivity index (χ1) is 65.2. The molecule has 0 saturated carbocycles. The molecule has 3 aromatic carbocycles. The van der Waals surface area contributed by atoms with Crippen LogP contribution < -0.4 is 31.4 Å². The lowest BCUT2D eigenvalue weighted by Gasteiger charge is -2.41. The molecule has 3 amide bonds. The second-order valence-electron chi connectivity index (χ2n) is 33.6. The third kappa shape index (κ3) is 18.6. The Kier molecular flexibility index (Phi) is 31.7. The summed E-state index contributed by atoms with van der Waals surface area (Å²) < 4.78 is 19.6. The van der Waals surface area contributed by atoms with Crippen LogP contribution in [0, 0.1) is 60.6 Å². The number of amides is 3. The number of carbonyl (C=O) groups excluding carboxylic acids is 3. The minimum absolute atomic E-state index is 0.00893. The van der Waals surface area contributed by atoms with Crippen LogP contribution in [0.4, 0.5) is 21.5 Å². The molecule has 0 unspecified atom stereocenters. The number of phenolic OH excluding ortho intramolecular Hbond substituents is 3.